The van der Waals surface area contributed by atoms with Crippen molar-refractivity contribution in [3.05, 3.63) is 90.3 Å². The van der Waals surface area contributed by atoms with Crippen molar-refractivity contribution in [1.82, 2.24) is 4.57 Å². The van der Waals surface area contributed by atoms with Crippen LogP contribution in [0.15, 0.2) is 79.1 Å². The monoisotopic (exact) mass is 332 g/mol. The fourth-order valence-corrected chi connectivity index (χ4v) is 3.21. The molecule has 1 unspecified atom stereocenters. The average Bonchev–Trinajstić information content (AvgIpc) is 3.15. The molecular formula is C22H24N2O. The van der Waals surface area contributed by atoms with Gasteiger partial charge in [0.25, 0.3) is 0 Å². The maximum Gasteiger partial charge on any atom is 0.229 e. The molecule has 0 fully saturated rings. The normalized spacial score (nSPS) is 11.9. The Morgan fingerprint density at radius 3 is 2.36 bits per heavy atom. The van der Waals surface area contributed by atoms with Crippen molar-refractivity contribution in [2.75, 3.05) is 11.4 Å². The van der Waals surface area contributed by atoms with Gasteiger partial charge >= 0.3 is 0 Å². The smallest absolute Gasteiger partial charge is 0.229 e. The van der Waals surface area contributed by atoms with Gasteiger partial charge in [0, 0.05) is 24.6 Å². The molecule has 0 radical (unpaired) electrons. The number of carbonyl (C=O) groups excluding carboxylic acids is 1. The molecular weight excluding hydrogens is 308 g/mol. The topological polar surface area (TPSA) is 25.2 Å². The fourth-order valence-electron chi connectivity index (χ4n) is 3.21. The van der Waals surface area contributed by atoms with Crippen molar-refractivity contribution in [3.63, 3.8) is 0 Å². The number of hydrogen-bond acceptors (Lipinski definition) is 1. The van der Waals surface area contributed by atoms with Crippen LogP contribution < -0.4 is 4.90 Å². The Morgan fingerprint density at radius 1 is 1.00 bits per heavy atom. The van der Waals surface area contributed by atoms with Gasteiger partial charge in [-0.25, -0.2) is 0 Å². The Hall–Kier alpha value is -2.81. The van der Waals surface area contributed by atoms with E-state index in [1.807, 2.05) is 66.7 Å². The number of anilines is 1. The quantitative estimate of drug-likeness (QED) is 0.635. The van der Waals surface area contributed by atoms with E-state index in [2.05, 4.69) is 35.8 Å². The maximum absolute atomic E-state index is 13.1. The summed E-state index contributed by atoms with van der Waals surface area (Å²) in [6, 6.07) is 22.3. The van der Waals surface area contributed by atoms with Crippen LogP contribution in [0.3, 0.4) is 0 Å². The molecule has 0 spiro atoms. The number of aromatic nitrogens is 1. The third-order valence-electron chi connectivity index (χ3n) is 4.47. The molecule has 0 saturated carbocycles. The van der Waals surface area contributed by atoms with Gasteiger partial charge in [0.05, 0.1) is 12.5 Å². The van der Waals surface area contributed by atoms with Gasteiger partial charge in [-0.05, 0) is 43.7 Å². The molecule has 0 aliphatic rings. The van der Waals surface area contributed by atoms with E-state index in [1.165, 1.54) is 5.56 Å². The first-order chi connectivity index (χ1) is 12.2. The lowest BCUT2D eigenvalue weighted by Gasteiger charge is -2.25. The summed E-state index contributed by atoms with van der Waals surface area (Å²) in [4.78, 5) is 14.9. The van der Waals surface area contributed by atoms with Crippen LogP contribution in [0.4, 0.5) is 5.69 Å². The van der Waals surface area contributed by atoms with Crippen LogP contribution in [0.2, 0.25) is 0 Å². The van der Waals surface area contributed by atoms with Gasteiger partial charge in [-0.1, -0.05) is 48.0 Å². The lowest BCUT2D eigenvalue weighted by Crippen LogP contribution is -2.32. The number of carbonyl (C=O) groups is 1. The van der Waals surface area contributed by atoms with Gasteiger partial charge in [-0.15, -0.1) is 0 Å². The Kier molecular flexibility index (Phi) is 5.34. The van der Waals surface area contributed by atoms with Crippen molar-refractivity contribution in [3.8, 4) is 0 Å². The average molecular weight is 332 g/mol. The van der Waals surface area contributed by atoms with Gasteiger partial charge in [0.2, 0.25) is 5.91 Å². The van der Waals surface area contributed by atoms with Gasteiger partial charge in [0.15, 0.2) is 0 Å². The molecule has 3 nitrogen and oxygen atoms in total. The first-order valence-corrected chi connectivity index (χ1v) is 8.73. The van der Waals surface area contributed by atoms with Crippen molar-refractivity contribution in [2.24, 2.45) is 0 Å². The lowest BCUT2D eigenvalue weighted by molar-refractivity contribution is -0.119. The highest BCUT2D eigenvalue weighted by Crippen LogP contribution is 2.25. The largest absolute Gasteiger partial charge is 0.346 e. The second-order valence-corrected chi connectivity index (χ2v) is 6.24. The minimum absolute atomic E-state index is 0.000150. The van der Waals surface area contributed by atoms with Crippen molar-refractivity contribution in [2.45, 2.75) is 26.3 Å². The van der Waals surface area contributed by atoms with E-state index < -0.39 is 0 Å². The minimum Gasteiger partial charge on any atom is -0.346 e. The minimum atomic E-state index is 0.000150. The number of benzene rings is 2. The van der Waals surface area contributed by atoms with Crippen molar-refractivity contribution < 1.29 is 4.79 Å². The molecule has 3 rings (SSSR count). The summed E-state index contributed by atoms with van der Waals surface area (Å²) in [6.07, 6.45) is 4.49. The molecule has 2 aromatic carbocycles. The zero-order chi connectivity index (χ0) is 17.6. The number of rotatable bonds is 6. The fraction of sp³-hybridized carbons (Fsp3) is 0.227. The van der Waals surface area contributed by atoms with Gasteiger partial charge in [-0.3, -0.25) is 4.79 Å². The predicted octanol–water partition coefficient (Wildman–Crippen LogP) is 4.83. The molecule has 1 aromatic heterocycles. The number of nitrogens with zero attached hydrogens (tertiary/aromatic N) is 2. The van der Waals surface area contributed by atoms with Gasteiger partial charge in [0.1, 0.15) is 0 Å². The molecule has 1 amide bonds. The summed E-state index contributed by atoms with van der Waals surface area (Å²) in [5.74, 6) is 0.133. The summed E-state index contributed by atoms with van der Waals surface area (Å²) >= 11 is 0. The number of amides is 1. The van der Waals surface area contributed by atoms with Crippen molar-refractivity contribution >= 4 is 11.6 Å². The Balaban J connectivity index is 1.88. The SMILES string of the molecule is CCN(C(=O)CC(c1cccc(C)c1)n1cccc1)c1ccccc1. The zero-order valence-electron chi connectivity index (χ0n) is 14.8. The van der Waals surface area contributed by atoms with E-state index in [1.54, 1.807) is 0 Å². The maximum atomic E-state index is 13.1. The number of hydrogen-bond donors (Lipinski definition) is 0. The molecule has 0 saturated heterocycles. The molecule has 0 bridgehead atoms. The van der Waals surface area contributed by atoms with Crippen LogP contribution >= 0.6 is 0 Å². The third-order valence-corrected chi connectivity index (χ3v) is 4.47. The first-order valence-electron chi connectivity index (χ1n) is 8.73. The molecule has 25 heavy (non-hydrogen) atoms. The predicted molar refractivity (Wildman–Crippen MR) is 103 cm³/mol. The highest BCUT2D eigenvalue weighted by Gasteiger charge is 2.21. The Morgan fingerprint density at radius 2 is 1.72 bits per heavy atom. The highest BCUT2D eigenvalue weighted by molar-refractivity contribution is 5.93. The Labute approximate surface area is 149 Å². The van der Waals surface area contributed by atoms with E-state index >= 15 is 0 Å². The molecule has 0 aliphatic heterocycles. The molecule has 1 atom stereocenters. The lowest BCUT2D eigenvalue weighted by atomic mass is 10.0. The summed E-state index contributed by atoms with van der Waals surface area (Å²) in [5.41, 5.74) is 3.32. The van der Waals surface area contributed by atoms with Crippen LogP contribution in [0, 0.1) is 6.92 Å². The summed E-state index contributed by atoms with van der Waals surface area (Å²) in [5, 5.41) is 0. The highest BCUT2D eigenvalue weighted by atomic mass is 16.2. The number of para-hydroxylation sites is 1. The molecule has 1 heterocycles. The molecule has 3 aromatic rings. The van der Waals surface area contributed by atoms with Gasteiger partial charge in [-0.2, -0.15) is 0 Å². The van der Waals surface area contributed by atoms with E-state index in [4.69, 9.17) is 0 Å². The van der Waals surface area contributed by atoms with Gasteiger partial charge < -0.3 is 9.47 Å². The molecule has 0 N–H and O–H groups in total. The van der Waals surface area contributed by atoms with Crippen LogP contribution in [-0.4, -0.2) is 17.0 Å². The van der Waals surface area contributed by atoms with Crippen LogP contribution in [0.1, 0.15) is 30.5 Å². The molecule has 128 valence electrons. The molecule has 3 heteroatoms. The van der Waals surface area contributed by atoms with E-state index in [0.29, 0.717) is 13.0 Å². The standard InChI is InChI=1S/C22H24N2O/c1-3-24(20-12-5-4-6-13-20)22(25)17-21(23-14-7-8-15-23)19-11-9-10-18(2)16-19/h4-16,21H,3,17H2,1-2H3. The zero-order valence-corrected chi connectivity index (χ0v) is 14.8. The summed E-state index contributed by atoms with van der Waals surface area (Å²) in [6.45, 7) is 4.76. The second kappa shape index (κ2) is 7.84. The summed E-state index contributed by atoms with van der Waals surface area (Å²) in [7, 11) is 0. The van der Waals surface area contributed by atoms with Crippen molar-refractivity contribution in [1.29, 1.82) is 0 Å². The van der Waals surface area contributed by atoms with E-state index in [-0.39, 0.29) is 11.9 Å². The van der Waals surface area contributed by atoms with Crippen LogP contribution in [0.25, 0.3) is 0 Å². The van der Waals surface area contributed by atoms with E-state index in [9.17, 15) is 4.79 Å². The van der Waals surface area contributed by atoms with Crippen LogP contribution in [-0.2, 0) is 4.79 Å². The molecule has 0 aliphatic carbocycles. The summed E-state index contributed by atoms with van der Waals surface area (Å²) < 4.78 is 2.12. The second-order valence-electron chi connectivity index (χ2n) is 6.24. The number of aryl methyl sites for hydroxylation is 1. The Bertz CT molecular complexity index is 809. The first kappa shape index (κ1) is 17.0. The van der Waals surface area contributed by atoms with Crippen LogP contribution in [0.5, 0.6) is 0 Å². The van der Waals surface area contributed by atoms with E-state index in [0.717, 1.165) is 11.3 Å². The third kappa shape index (κ3) is 4.00.